The van der Waals surface area contributed by atoms with Crippen LogP contribution in [0.2, 0.25) is 0 Å². The highest BCUT2D eigenvalue weighted by molar-refractivity contribution is 6.24. The Bertz CT molecular complexity index is 2670. The fourth-order valence-electron chi connectivity index (χ4n) is 6.89. The summed E-state index contributed by atoms with van der Waals surface area (Å²) in [6.45, 7) is 2.07. The van der Waals surface area contributed by atoms with Gasteiger partial charge in [-0.05, 0) is 52.8 Å². The molecule has 3 nitrogen and oxygen atoms in total. The third-order valence-corrected chi connectivity index (χ3v) is 9.21. The van der Waals surface area contributed by atoms with Crippen molar-refractivity contribution in [2.75, 3.05) is 0 Å². The number of rotatable bonds is 5. The number of fused-ring (bicyclic) bond motifs is 5. The monoisotopic (exact) mass is 626 g/mol. The molecule has 0 unspecified atom stereocenters. The molecule has 1 aliphatic rings. The lowest BCUT2D eigenvalue weighted by Crippen LogP contribution is -2.07. The van der Waals surface area contributed by atoms with Gasteiger partial charge in [0.05, 0.1) is 5.71 Å². The molecule has 0 fully saturated rings. The number of furan rings is 1. The van der Waals surface area contributed by atoms with Gasteiger partial charge in [-0.3, -0.25) is 0 Å². The second kappa shape index (κ2) is 11.9. The van der Waals surface area contributed by atoms with Crippen LogP contribution in [0.5, 0.6) is 0 Å². The molecule has 0 spiro atoms. The Morgan fingerprint density at radius 3 is 1.84 bits per heavy atom. The molecule has 0 saturated carbocycles. The van der Waals surface area contributed by atoms with E-state index in [-0.39, 0.29) is 0 Å². The molecule has 9 rings (SSSR count). The second-order valence-electron chi connectivity index (χ2n) is 12.3. The molecule has 49 heavy (non-hydrogen) atoms. The van der Waals surface area contributed by atoms with Crippen LogP contribution in [0.25, 0.3) is 60.7 Å². The van der Waals surface area contributed by atoms with E-state index in [1.807, 2.05) is 36.4 Å². The van der Waals surface area contributed by atoms with Crippen LogP contribution in [0.4, 0.5) is 0 Å². The highest BCUT2D eigenvalue weighted by Gasteiger charge is 2.21. The van der Waals surface area contributed by atoms with Crippen molar-refractivity contribution in [2.24, 2.45) is 9.98 Å². The van der Waals surface area contributed by atoms with Gasteiger partial charge in [0.1, 0.15) is 16.9 Å². The van der Waals surface area contributed by atoms with Crippen molar-refractivity contribution in [2.45, 2.75) is 6.92 Å². The zero-order chi connectivity index (χ0) is 32.7. The van der Waals surface area contributed by atoms with Crippen molar-refractivity contribution in [3.63, 3.8) is 0 Å². The molecule has 0 amide bonds. The Hall–Kier alpha value is -6.54. The van der Waals surface area contributed by atoms with Gasteiger partial charge in [-0.1, -0.05) is 151 Å². The molecule has 1 aliphatic heterocycles. The smallest absolute Gasteiger partial charge is 0.161 e. The number of nitrogens with zero attached hydrogens (tertiary/aromatic N) is 2. The van der Waals surface area contributed by atoms with Gasteiger partial charge in [-0.25, -0.2) is 9.98 Å². The number of benzene rings is 7. The number of allylic oxidation sites excluding steroid dienone is 1. The topological polar surface area (TPSA) is 37.9 Å². The molecule has 3 heteroatoms. The van der Waals surface area contributed by atoms with Crippen molar-refractivity contribution in [3.8, 4) is 22.3 Å². The fraction of sp³-hybridized carbons (Fsp3) is 0.0217. The maximum absolute atomic E-state index is 6.69. The molecule has 0 N–H and O–H groups in total. The molecule has 230 valence electrons. The van der Waals surface area contributed by atoms with Crippen LogP contribution < -0.4 is 0 Å². The van der Waals surface area contributed by atoms with Gasteiger partial charge in [-0.15, -0.1) is 0 Å². The molecule has 0 radical (unpaired) electrons. The fourth-order valence-corrected chi connectivity index (χ4v) is 6.89. The summed E-state index contributed by atoms with van der Waals surface area (Å²) in [5, 5.41) is 4.30. The second-order valence-corrected chi connectivity index (χ2v) is 12.3. The van der Waals surface area contributed by atoms with Gasteiger partial charge in [0.25, 0.3) is 0 Å². The van der Waals surface area contributed by atoms with Crippen molar-refractivity contribution in [1.29, 1.82) is 0 Å². The molecule has 0 aliphatic carbocycles. The molecule has 1 aromatic heterocycles. The molecule has 2 heterocycles. The standard InChI is InChI=1S/C46H30N2O/c1-30-27-41(47-46(48-44(30)33-19-9-4-10-20-33)35-22-13-21-34(28-35)31-15-5-2-6-16-31)38-25-14-26-42-43(38)40-29-39(32-17-7-3-8-18-32)36-23-11-12-24-37(36)45(40)49-42/h2-26,28-29H,1H3. The maximum atomic E-state index is 6.69. The normalized spacial score (nSPS) is 13.2. The van der Waals surface area contributed by atoms with Crippen molar-refractivity contribution in [1.82, 2.24) is 0 Å². The van der Waals surface area contributed by atoms with Gasteiger partial charge in [0.15, 0.2) is 5.84 Å². The molecule has 0 bridgehead atoms. The highest BCUT2D eigenvalue weighted by Crippen LogP contribution is 2.42. The number of amidine groups is 1. The predicted molar refractivity (Wildman–Crippen MR) is 204 cm³/mol. The first-order valence-corrected chi connectivity index (χ1v) is 16.5. The first kappa shape index (κ1) is 28.7. The minimum atomic E-state index is 0.635. The molecule has 0 atom stereocenters. The Morgan fingerprint density at radius 1 is 0.469 bits per heavy atom. The third kappa shape index (κ3) is 5.10. The Labute approximate surface area is 284 Å². The van der Waals surface area contributed by atoms with Gasteiger partial charge < -0.3 is 4.42 Å². The summed E-state index contributed by atoms with van der Waals surface area (Å²) in [4.78, 5) is 10.6. The van der Waals surface area contributed by atoms with Crippen molar-refractivity contribution >= 4 is 50.0 Å². The molecule has 8 aromatic rings. The van der Waals surface area contributed by atoms with Crippen LogP contribution in [0, 0.1) is 0 Å². The van der Waals surface area contributed by atoms with E-state index in [9.17, 15) is 0 Å². The third-order valence-electron chi connectivity index (χ3n) is 9.21. The first-order valence-electron chi connectivity index (χ1n) is 16.5. The van der Waals surface area contributed by atoms with Crippen LogP contribution in [-0.4, -0.2) is 11.5 Å². The van der Waals surface area contributed by atoms with E-state index in [0.29, 0.717) is 5.84 Å². The zero-order valence-electron chi connectivity index (χ0n) is 26.9. The Kier molecular flexibility index (Phi) is 6.97. The van der Waals surface area contributed by atoms with E-state index in [2.05, 4.69) is 140 Å². The number of hydrogen-bond donors (Lipinski definition) is 0. The van der Waals surface area contributed by atoms with Gasteiger partial charge in [-0.2, -0.15) is 0 Å². The van der Waals surface area contributed by atoms with Crippen molar-refractivity contribution < 1.29 is 4.42 Å². The minimum Gasteiger partial charge on any atom is -0.455 e. The first-order chi connectivity index (χ1) is 24.2. The summed E-state index contributed by atoms with van der Waals surface area (Å²) < 4.78 is 6.69. The SMILES string of the molecule is CC1=C=C(c2cccc3oc4c5ccccc5c(-c5ccccc5)cc4c23)N=C(c2cccc(-c3ccccc3)c2)N=C1c1ccccc1. The molecular formula is C46H30N2O. The predicted octanol–water partition coefficient (Wildman–Crippen LogP) is 11.9. The van der Waals surface area contributed by atoms with Gasteiger partial charge >= 0.3 is 0 Å². The van der Waals surface area contributed by atoms with Crippen LogP contribution in [0.3, 0.4) is 0 Å². The Balaban J connectivity index is 1.31. The van der Waals surface area contributed by atoms with E-state index in [1.54, 1.807) is 0 Å². The summed E-state index contributed by atoms with van der Waals surface area (Å²) in [5.41, 5.74) is 15.3. The van der Waals surface area contributed by atoms with Crippen molar-refractivity contribution in [3.05, 3.63) is 192 Å². The summed E-state index contributed by atoms with van der Waals surface area (Å²) in [6, 6.07) is 56.7. The Morgan fingerprint density at radius 2 is 1.08 bits per heavy atom. The van der Waals surface area contributed by atoms with E-state index in [1.165, 1.54) is 5.56 Å². The van der Waals surface area contributed by atoms with E-state index in [0.717, 1.165) is 83.1 Å². The summed E-state index contributed by atoms with van der Waals surface area (Å²) >= 11 is 0. The molecular weight excluding hydrogens is 597 g/mol. The van der Waals surface area contributed by atoms with E-state index < -0.39 is 0 Å². The van der Waals surface area contributed by atoms with Crippen LogP contribution in [0.15, 0.2) is 189 Å². The average molecular weight is 627 g/mol. The lowest BCUT2D eigenvalue weighted by molar-refractivity contribution is 0.672. The summed E-state index contributed by atoms with van der Waals surface area (Å²) in [6.07, 6.45) is 0. The van der Waals surface area contributed by atoms with E-state index in [4.69, 9.17) is 14.4 Å². The van der Waals surface area contributed by atoms with Crippen LogP contribution in [-0.2, 0) is 0 Å². The lowest BCUT2D eigenvalue weighted by atomic mass is 9.94. The molecule has 0 saturated heterocycles. The maximum Gasteiger partial charge on any atom is 0.161 e. The quantitative estimate of drug-likeness (QED) is 0.175. The van der Waals surface area contributed by atoms with Gasteiger partial charge in [0, 0.05) is 38.4 Å². The minimum absolute atomic E-state index is 0.635. The summed E-state index contributed by atoms with van der Waals surface area (Å²) in [7, 11) is 0. The largest absolute Gasteiger partial charge is 0.455 e. The number of aliphatic imine (C=N–C) groups is 2. The number of hydrogen-bond acceptors (Lipinski definition) is 3. The van der Waals surface area contributed by atoms with Gasteiger partial charge in [0.2, 0.25) is 0 Å². The van der Waals surface area contributed by atoms with Crippen LogP contribution >= 0.6 is 0 Å². The van der Waals surface area contributed by atoms with Crippen LogP contribution in [0.1, 0.15) is 23.6 Å². The highest BCUT2D eigenvalue weighted by atomic mass is 16.3. The molecule has 7 aromatic carbocycles. The summed E-state index contributed by atoms with van der Waals surface area (Å²) in [5.74, 6) is 0.635. The zero-order valence-corrected chi connectivity index (χ0v) is 26.9. The lowest BCUT2D eigenvalue weighted by Gasteiger charge is -2.09. The van der Waals surface area contributed by atoms with E-state index >= 15 is 0 Å². The average Bonchev–Trinajstić information content (AvgIpc) is 3.46.